The number of anilines is 1. The first kappa shape index (κ1) is 17.0. The molecule has 0 spiro atoms. The molecule has 2 aromatic rings. The highest BCUT2D eigenvalue weighted by Gasteiger charge is 2.23. The van der Waals surface area contributed by atoms with E-state index in [0.29, 0.717) is 24.8 Å². The predicted octanol–water partition coefficient (Wildman–Crippen LogP) is 1.96. The number of nitrogens with one attached hydrogen (secondary N) is 1. The molecule has 7 heteroatoms. The molecule has 1 aliphatic heterocycles. The molecule has 1 aromatic heterocycles. The Morgan fingerprint density at radius 1 is 1.48 bits per heavy atom. The maximum Gasteiger partial charge on any atom is 0.246 e. The van der Waals surface area contributed by atoms with Gasteiger partial charge < -0.3 is 14.7 Å². The van der Waals surface area contributed by atoms with Crippen molar-refractivity contribution in [3.8, 4) is 6.07 Å². The normalized spacial score (nSPS) is 12.7. The number of hydrogen-bond acceptors (Lipinski definition) is 6. The molecule has 0 unspecified atom stereocenters. The van der Waals surface area contributed by atoms with Crippen LogP contribution < -0.4 is 10.2 Å². The molecule has 0 atom stereocenters. The summed E-state index contributed by atoms with van der Waals surface area (Å²) in [6.07, 6.45) is 2.96. The molecule has 1 N–H and O–H groups in total. The lowest BCUT2D eigenvalue weighted by Crippen LogP contribution is -2.26. The lowest BCUT2D eigenvalue weighted by Gasteiger charge is -2.16. The standard InChI is InChI=1S/C18H21N5O2/c1-2-3-8-20-17(24)10-16-21-18(25-22-16)12-23-9-7-14-13(11-19)5-4-6-15(14)23/h4-6H,2-3,7-10,12H2,1H3,(H,20,24). The molecule has 2 heterocycles. The lowest BCUT2D eigenvalue weighted by molar-refractivity contribution is -0.120. The van der Waals surface area contributed by atoms with E-state index in [1.807, 2.05) is 18.2 Å². The molecule has 0 saturated carbocycles. The smallest absolute Gasteiger partial charge is 0.246 e. The number of benzene rings is 1. The highest BCUT2D eigenvalue weighted by molar-refractivity contribution is 5.77. The summed E-state index contributed by atoms with van der Waals surface area (Å²) in [5.41, 5.74) is 2.83. The molecule has 1 aromatic carbocycles. The van der Waals surface area contributed by atoms with Crippen molar-refractivity contribution in [2.45, 2.75) is 39.2 Å². The van der Waals surface area contributed by atoms with Gasteiger partial charge in [-0.05, 0) is 30.5 Å². The fourth-order valence-corrected chi connectivity index (χ4v) is 2.97. The van der Waals surface area contributed by atoms with Gasteiger partial charge in [0.1, 0.15) is 0 Å². The third kappa shape index (κ3) is 3.97. The molecule has 0 saturated heterocycles. The molecule has 25 heavy (non-hydrogen) atoms. The van der Waals surface area contributed by atoms with Crippen molar-refractivity contribution in [1.29, 1.82) is 5.26 Å². The zero-order valence-electron chi connectivity index (χ0n) is 14.3. The zero-order valence-corrected chi connectivity index (χ0v) is 14.3. The second-order valence-corrected chi connectivity index (χ2v) is 6.07. The van der Waals surface area contributed by atoms with Crippen molar-refractivity contribution in [3.05, 3.63) is 41.0 Å². The first-order valence-electron chi connectivity index (χ1n) is 8.56. The zero-order chi connectivity index (χ0) is 17.6. The van der Waals surface area contributed by atoms with Gasteiger partial charge in [-0.3, -0.25) is 4.79 Å². The quantitative estimate of drug-likeness (QED) is 0.775. The van der Waals surface area contributed by atoms with Crippen LogP contribution >= 0.6 is 0 Å². The highest BCUT2D eigenvalue weighted by atomic mass is 16.5. The van der Waals surface area contributed by atoms with Crippen LogP contribution in [0.4, 0.5) is 5.69 Å². The number of unbranched alkanes of at least 4 members (excludes halogenated alkanes) is 1. The number of hydrogen-bond donors (Lipinski definition) is 1. The largest absolute Gasteiger partial charge is 0.362 e. The van der Waals surface area contributed by atoms with E-state index in [-0.39, 0.29) is 12.3 Å². The Hall–Kier alpha value is -2.88. The van der Waals surface area contributed by atoms with Crippen LogP contribution in [0.5, 0.6) is 0 Å². The Morgan fingerprint density at radius 2 is 2.36 bits per heavy atom. The van der Waals surface area contributed by atoms with Gasteiger partial charge in [-0.15, -0.1) is 0 Å². The monoisotopic (exact) mass is 339 g/mol. The number of rotatable bonds is 7. The minimum Gasteiger partial charge on any atom is -0.362 e. The third-order valence-corrected chi connectivity index (χ3v) is 4.25. The van der Waals surface area contributed by atoms with Gasteiger partial charge in [-0.25, -0.2) is 0 Å². The molecule has 0 radical (unpaired) electrons. The van der Waals surface area contributed by atoms with Gasteiger partial charge >= 0.3 is 0 Å². The van der Waals surface area contributed by atoms with Crippen LogP contribution in [0.15, 0.2) is 22.7 Å². The first-order valence-corrected chi connectivity index (χ1v) is 8.56. The van der Waals surface area contributed by atoms with E-state index in [0.717, 1.165) is 42.6 Å². The Morgan fingerprint density at radius 3 is 3.16 bits per heavy atom. The molecule has 1 aliphatic rings. The van der Waals surface area contributed by atoms with E-state index in [4.69, 9.17) is 4.52 Å². The minimum atomic E-state index is -0.0917. The number of nitrogens with zero attached hydrogens (tertiary/aromatic N) is 4. The van der Waals surface area contributed by atoms with Crippen LogP contribution in [-0.2, 0) is 24.2 Å². The van der Waals surface area contributed by atoms with E-state index in [9.17, 15) is 10.1 Å². The van der Waals surface area contributed by atoms with Crippen molar-refractivity contribution < 1.29 is 9.32 Å². The maximum atomic E-state index is 11.8. The van der Waals surface area contributed by atoms with E-state index in [1.54, 1.807) is 0 Å². The van der Waals surface area contributed by atoms with Crippen molar-refractivity contribution in [1.82, 2.24) is 15.5 Å². The summed E-state index contributed by atoms with van der Waals surface area (Å²) in [7, 11) is 0. The van der Waals surface area contributed by atoms with Gasteiger partial charge in [0.05, 0.1) is 24.6 Å². The molecule has 0 bridgehead atoms. The van der Waals surface area contributed by atoms with Crippen molar-refractivity contribution in [2.24, 2.45) is 0 Å². The average Bonchev–Trinajstić information content (AvgIpc) is 3.22. The second kappa shape index (κ2) is 7.79. The predicted molar refractivity (Wildman–Crippen MR) is 91.8 cm³/mol. The van der Waals surface area contributed by atoms with E-state index in [2.05, 4.69) is 33.4 Å². The summed E-state index contributed by atoms with van der Waals surface area (Å²) in [4.78, 5) is 18.2. The minimum absolute atomic E-state index is 0.0917. The van der Waals surface area contributed by atoms with E-state index >= 15 is 0 Å². The Labute approximate surface area is 146 Å². The SMILES string of the molecule is CCCCNC(=O)Cc1noc(CN2CCc3c(C#N)cccc32)n1. The first-order chi connectivity index (χ1) is 12.2. The fourth-order valence-electron chi connectivity index (χ4n) is 2.97. The summed E-state index contributed by atoms with van der Waals surface area (Å²) in [5, 5.41) is 15.9. The van der Waals surface area contributed by atoms with Crippen LogP contribution in [0.2, 0.25) is 0 Å². The number of carbonyl (C=O) groups is 1. The Kier molecular flexibility index (Phi) is 5.29. The number of aromatic nitrogens is 2. The molecule has 3 rings (SSSR count). The molecule has 0 aliphatic carbocycles. The summed E-state index contributed by atoms with van der Waals surface area (Å²) in [6, 6.07) is 7.96. The Bertz CT molecular complexity index is 793. The number of carbonyl (C=O) groups excluding carboxylic acids is 1. The topological polar surface area (TPSA) is 95.0 Å². The van der Waals surface area contributed by atoms with Crippen molar-refractivity contribution in [2.75, 3.05) is 18.0 Å². The average molecular weight is 339 g/mol. The van der Waals surface area contributed by atoms with Crippen LogP contribution in [0.1, 0.15) is 42.6 Å². The third-order valence-electron chi connectivity index (χ3n) is 4.25. The van der Waals surface area contributed by atoms with Gasteiger partial charge in [-0.1, -0.05) is 24.6 Å². The van der Waals surface area contributed by atoms with Gasteiger partial charge in [-0.2, -0.15) is 10.2 Å². The van der Waals surface area contributed by atoms with Crippen LogP contribution in [0.25, 0.3) is 0 Å². The summed E-state index contributed by atoms with van der Waals surface area (Å²) in [5.74, 6) is 0.784. The summed E-state index contributed by atoms with van der Waals surface area (Å²) in [6.45, 7) is 4.04. The molecule has 1 amide bonds. The molecular weight excluding hydrogens is 318 g/mol. The van der Waals surface area contributed by atoms with E-state index in [1.165, 1.54) is 0 Å². The van der Waals surface area contributed by atoms with Gasteiger partial charge in [0.15, 0.2) is 5.82 Å². The van der Waals surface area contributed by atoms with Crippen LogP contribution in [-0.4, -0.2) is 29.1 Å². The lowest BCUT2D eigenvalue weighted by atomic mass is 10.1. The molecule has 0 fully saturated rings. The number of amides is 1. The van der Waals surface area contributed by atoms with Crippen LogP contribution in [0.3, 0.4) is 0 Å². The Balaban J connectivity index is 1.60. The fraction of sp³-hybridized carbons (Fsp3) is 0.444. The number of fused-ring (bicyclic) bond motifs is 1. The second-order valence-electron chi connectivity index (χ2n) is 6.07. The summed E-state index contributed by atoms with van der Waals surface area (Å²) >= 11 is 0. The van der Waals surface area contributed by atoms with Crippen molar-refractivity contribution >= 4 is 11.6 Å². The highest BCUT2D eigenvalue weighted by Crippen LogP contribution is 2.31. The van der Waals surface area contributed by atoms with E-state index < -0.39 is 0 Å². The van der Waals surface area contributed by atoms with Crippen LogP contribution in [0, 0.1) is 11.3 Å². The van der Waals surface area contributed by atoms with Crippen molar-refractivity contribution in [3.63, 3.8) is 0 Å². The van der Waals surface area contributed by atoms with Gasteiger partial charge in [0.2, 0.25) is 11.8 Å². The van der Waals surface area contributed by atoms with Gasteiger partial charge in [0, 0.05) is 18.8 Å². The summed E-state index contributed by atoms with van der Waals surface area (Å²) < 4.78 is 5.28. The van der Waals surface area contributed by atoms with Gasteiger partial charge in [0.25, 0.3) is 0 Å². The molecular formula is C18H21N5O2. The maximum absolute atomic E-state index is 11.8. The number of nitriles is 1. The molecule has 7 nitrogen and oxygen atoms in total. The molecule has 130 valence electrons.